The highest BCUT2D eigenvalue weighted by Gasteiger charge is 2.42. The number of piperazine rings is 1. The van der Waals surface area contributed by atoms with Crippen molar-refractivity contribution in [1.29, 1.82) is 0 Å². The molecular formula is C20H29FN4O3. The van der Waals surface area contributed by atoms with Crippen LogP contribution in [-0.4, -0.2) is 86.7 Å². The predicted molar refractivity (Wildman–Crippen MR) is 104 cm³/mol. The molecule has 0 aliphatic carbocycles. The van der Waals surface area contributed by atoms with Crippen molar-refractivity contribution in [1.82, 2.24) is 20.4 Å². The van der Waals surface area contributed by atoms with Gasteiger partial charge in [-0.25, -0.2) is 4.39 Å². The fourth-order valence-electron chi connectivity index (χ4n) is 3.87. The smallest absolute Gasteiger partial charge is 0.254 e. The van der Waals surface area contributed by atoms with Gasteiger partial charge < -0.3 is 20.3 Å². The second kappa shape index (κ2) is 9.45. The number of benzene rings is 1. The average Bonchev–Trinajstić information content (AvgIpc) is 2.74. The summed E-state index contributed by atoms with van der Waals surface area (Å²) < 4.78 is 19.3. The van der Waals surface area contributed by atoms with Crippen molar-refractivity contribution in [3.8, 4) is 0 Å². The summed E-state index contributed by atoms with van der Waals surface area (Å²) in [6, 6.07) is 5.95. The summed E-state index contributed by atoms with van der Waals surface area (Å²) in [6.07, 6.45) is 1.40. The van der Waals surface area contributed by atoms with E-state index < -0.39 is 17.3 Å². The monoisotopic (exact) mass is 392 g/mol. The Balaban J connectivity index is 1.42. The lowest BCUT2D eigenvalue weighted by Gasteiger charge is -2.42. The third kappa shape index (κ3) is 4.68. The fraction of sp³-hybridized carbons (Fsp3) is 0.600. The van der Waals surface area contributed by atoms with Crippen LogP contribution in [0.4, 0.5) is 4.39 Å². The van der Waals surface area contributed by atoms with Crippen molar-refractivity contribution in [2.24, 2.45) is 0 Å². The van der Waals surface area contributed by atoms with Crippen LogP contribution in [0, 0.1) is 5.82 Å². The molecule has 28 heavy (non-hydrogen) atoms. The van der Waals surface area contributed by atoms with Crippen LogP contribution in [-0.2, 0) is 9.53 Å². The van der Waals surface area contributed by atoms with Gasteiger partial charge in [0.2, 0.25) is 0 Å². The topological polar surface area (TPSA) is 73.9 Å². The van der Waals surface area contributed by atoms with Gasteiger partial charge in [0, 0.05) is 46.4 Å². The molecule has 2 aliphatic rings. The molecule has 0 unspecified atom stereocenters. The Kier molecular flexibility index (Phi) is 6.98. The Morgan fingerprint density at radius 1 is 1.18 bits per heavy atom. The van der Waals surface area contributed by atoms with Crippen molar-refractivity contribution < 1.29 is 18.7 Å². The highest BCUT2D eigenvalue weighted by atomic mass is 19.1. The number of hydrogen-bond acceptors (Lipinski definition) is 5. The molecule has 154 valence electrons. The van der Waals surface area contributed by atoms with E-state index in [-0.39, 0.29) is 11.5 Å². The van der Waals surface area contributed by atoms with Crippen molar-refractivity contribution in [2.75, 3.05) is 59.5 Å². The standard InChI is InChI=1S/C20H29FN4O3/c1-28-20(6-8-22-9-7-20)19(27)25-14-12-24(13-15-25)11-10-23-18(26)16-4-2-3-5-17(16)21/h2-5,22H,6-15H2,1H3,(H,23,26). The average molecular weight is 392 g/mol. The quantitative estimate of drug-likeness (QED) is 0.736. The number of carbonyl (C=O) groups is 2. The SMILES string of the molecule is COC1(C(=O)N2CCN(CCNC(=O)c3ccccc3F)CC2)CCNCC1. The highest BCUT2D eigenvalue weighted by Crippen LogP contribution is 2.25. The Morgan fingerprint density at radius 2 is 1.86 bits per heavy atom. The van der Waals surface area contributed by atoms with Crippen molar-refractivity contribution in [3.63, 3.8) is 0 Å². The molecule has 0 bridgehead atoms. The molecule has 2 N–H and O–H groups in total. The van der Waals surface area contributed by atoms with Gasteiger partial charge in [0.15, 0.2) is 0 Å². The van der Waals surface area contributed by atoms with E-state index in [0.717, 1.165) is 26.2 Å². The lowest BCUT2D eigenvalue weighted by molar-refractivity contribution is -0.160. The number of hydrogen-bond donors (Lipinski definition) is 2. The zero-order valence-corrected chi connectivity index (χ0v) is 16.4. The number of amides is 2. The van der Waals surface area contributed by atoms with Gasteiger partial charge in [-0.3, -0.25) is 14.5 Å². The molecular weight excluding hydrogens is 363 g/mol. The second-order valence-corrected chi connectivity index (χ2v) is 7.32. The number of piperidine rings is 1. The van der Waals surface area contributed by atoms with E-state index in [2.05, 4.69) is 15.5 Å². The molecule has 8 heteroatoms. The van der Waals surface area contributed by atoms with Gasteiger partial charge in [-0.1, -0.05) is 12.1 Å². The summed E-state index contributed by atoms with van der Waals surface area (Å²) in [5, 5.41) is 6.03. The fourth-order valence-corrected chi connectivity index (χ4v) is 3.87. The zero-order chi connectivity index (χ0) is 20.0. The summed E-state index contributed by atoms with van der Waals surface area (Å²) >= 11 is 0. The molecule has 2 aliphatic heterocycles. The van der Waals surface area contributed by atoms with Crippen LogP contribution in [0.5, 0.6) is 0 Å². The summed E-state index contributed by atoms with van der Waals surface area (Å²) in [5.41, 5.74) is -0.633. The molecule has 0 atom stereocenters. The lowest BCUT2D eigenvalue weighted by atomic mass is 9.90. The van der Waals surface area contributed by atoms with Crippen LogP contribution >= 0.6 is 0 Å². The maximum Gasteiger partial charge on any atom is 0.254 e. The molecule has 0 radical (unpaired) electrons. The molecule has 2 heterocycles. The summed E-state index contributed by atoms with van der Waals surface area (Å²) in [7, 11) is 1.62. The van der Waals surface area contributed by atoms with E-state index in [1.165, 1.54) is 12.1 Å². The number of nitrogens with zero attached hydrogens (tertiary/aromatic N) is 2. The van der Waals surface area contributed by atoms with Crippen LogP contribution in [0.15, 0.2) is 24.3 Å². The van der Waals surface area contributed by atoms with Gasteiger partial charge in [0.1, 0.15) is 11.4 Å². The summed E-state index contributed by atoms with van der Waals surface area (Å²) in [4.78, 5) is 29.1. The Morgan fingerprint density at radius 3 is 2.50 bits per heavy atom. The van der Waals surface area contributed by atoms with E-state index in [0.29, 0.717) is 39.0 Å². The first kappa shape index (κ1) is 20.7. The van der Waals surface area contributed by atoms with Gasteiger partial charge in [0.05, 0.1) is 5.56 Å². The number of nitrogens with one attached hydrogen (secondary N) is 2. The molecule has 2 fully saturated rings. The number of ether oxygens (including phenoxy) is 1. The number of halogens is 1. The molecule has 2 amide bonds. The molecule has 0 aromatic heterocycles. The first-order chi connectivity index (χ1) is 13.6. The number of carbonyl (C=O) groups excluding carboxylic acids is 2. The van der Waals surface area contributed by atoms with E-state index in [4.69, 9.17) is 4.74 Å². The van der Waals surface area contributed by atoms with Gasteiger partial charge in [-0.05, 0) is 38.1 Å². The van der Waals surface area contributed by atoms with Crippen LogP contribution in [0.25, 0.3) is 0 Å². The molecule has 3 rings (SSSR count). The lowest BCUT2D eigenvalue weighted by Crippen LogP contribution is -2.59. The van der Waals surface area contributed by atoms with Crippen LogP contribution in [0.2, 0.25) is 0 Å². The Bertz CT molecular complexity index is 686. The highest BCUT2D eigenvalue weighted by molar-refractivity contribution is 5.94. The van der Waals surface area contributed by atoms with Crippen LogP contribution in [0.1, 0.15) is 23.2 Å². The Labute approximate surface area is 165 Å². The largest absolute Gasteiger partial charge is 0.368 e. The number of rotatable bonds is 6. The van der Waals surface area contributed by atoms with Crippen molar-refractivity contribution in [3.05, 3.63) is 35.6 Å². The first-order valence-corrected chi connectivity index (χ1v) is 9.86. The molecule has 2 saturated heterocycles. The van der Waals surface area contributed by atoms with Crippen molar-refractivity contribution >= 4 is 11.8 Å². The van der Waals surface area contributed by atoms with Crippen LogP contribution < -0.4 is 10.6 Å². The minimum absolute atomic E-state index is 0.0600. The first-order valence-electron chi connectivity index (χ1n) is 9.86. The maximum absolute atomic E-state index is 13.6. The Hall–Kier alpha value is -2.03. The molecule has 0 saturated carbocycles. The van der Waals surface area contributed by atoms with Gasteiger partial charge in [-0.2, -0.15) is 0 Å². The van der Waals surface area contributed by atoms with Crippen molar-refractivity contribution in [2.45, 2.75) is 18.4 Å². The third-order valence-corrected chi connectivity index (χ3v) is 5.68. The molecule has 1 aromatic rings. The summed E-state index contributed by atoms with van der Waals surface area (Å²) in [5.74, 6) is -0.832. The van der Waals surface area contributed by atoms with Gasteiger partial charge in [0.25, 0.3) is 11.8 Å². The number of methoxy groups -OCH3 is 1. The van der Waals surface area contributed by atoms with E-state index in [1.807, 2.05) is 4.90 Å². The molecule has 7 nitrogen and oxygen atoms in total. The maximum atomic E-state index is 13.6. The van der Waals surface area contributed by atoms with E-state index in [1.54, 1.807) is 19.2 Å². The molecule has 0 spiro atoms. The minimum Gasteiger partial charge on any atom is -0.368 e. The minimum atomic E-state index is -0.693. The summed E-state index contributed by atoms with van der Waals surface area (Å²) in [6.45, 7) is 5.49. The predicted octanol–water partition coefficient (Wildman–Crippen LogP) is 0.468. The zero-order valence-electron chi connectivity index (χ0n) is 16.4. The second-order valence-electron chi connectivity index (χ2n) is 7.32. The third-order valence-electron chi connectivity index (χ3n) is 5.68. The van der Waals surface area contributed by atoms with E-state index >= 15 is 0 Å². The normalized spacial score (nSPS) is 20.0. The van der Waals surface area contributed by atoms with Crippen LogP contribution in [0.3, 0.4) is 0 Å². The van der Waals surface area contributed by atoms with Gasteiger partial charge in [-0.15, -0.1) is 0 Å². The van der Waals surface area contributed by atoms with Gasteiger partial charge >= 0.3 is 0 Å². The van der Waals surface area contributed by atoms with E-state index in [9.17, 15) is 14.0 Å². The molecule has 1 aromatic carbocycles.